The first-order valence-electron chi connectivity index (χ1n) is 12.4. The highest BCUT2D eigenvalue weighted by Crippen LogP contribution is 2.44. The Morgan fingerprint density at radius 2 is 1.63 bits per heavy atom. The Morgan fingerprint density at radius 1 is 1.00 bits per heavy atom. The number of amides is 2. The Hall–Kier alpha value is -3.62. The molecule has 0 unspecified atom stereocenters. The van der Waals surface area contributed by atoms with Crippen molar-refractivity contribution in [1.29, 1.82) is 0 Å². The molecule has 3 heterocycles. The van der Waals surface area contributed by atoms with E-state index in [9.17, 15) is 35.9 Å². The molecule has 1 saturated heterocycles. The predicted octanol–water partition coefficient (Wildman–Crippen LogP) is 5.37. The highest BCUT2D eigenvalue weighted by molar-refractivity contribution is 8.32. The number of alkyl halides is 6. The van der Waals surface area contributed by atoms with Gasteiger partial charge < -0.3 is 10.2 Å². The van der Waals surface area contributed by atoms with Crippen LogP contribution in [0.15, 0.2) is 36.5 Å². The standard InChI is InChI=1S/C26H28F6N6O2S/c1-15(34-23(39)18-10-19(25(27,28)29)12-20(11-18)26(30,31)32)22-35-16(2)36-38(22)21-7-6-17(13-33-21)24(40)37-8-5-9-41(3,4)14-37/h6-7,10-13,15H,5,8-9,14H2,1-4H3,(H,34,39)/t15-/m0/s1. The van der Waals surface area contributed by atoms with Crippen LogP contribution in [0.3, 0.4) is 0 Å². The van der Waals surface area contributed by atoms with E-state index >= 15 is 0 Å². The number of pyridine rings is 1. The molecule has 2 amide bonds. The van der Waals surface area contributed by atoms with Crippen molar-refractivity contribution < 1.29 is 35.9 Å². The maximum absolute atomic E-state index is 13.2. The Labute approximate surface area is 233 Å². The van der Waals surface area contributed by atoms with E-state index in [4.69, 9.17) is 0 Å². The average Bonchev–Trinajstić information content (AvgIpc) is 3.28. The number of halogens is 6. The molecule has 2 aromatic heterocycles. The zero-order valence-corrected chi connectivity index (χ0v) is 23.4. The molecule has 8 nitrogen and oxygen atoms in total. The lowest BCUT2D eigenvalue weighted by atomic mass is 10.0. The van der Waals surface area contributed by atoms with E-state index in [1.165, 1.54) is 17.8 Å². The molecule has 15 heteroatoms. The fraction of sp³-hybridized carbons (Fsp3) is 0.423. The van der Waals surface area contributed by atoms with E-state index in [0.717, 1.165) is 12.2 Å². The highest BCUT2D eigenvalue weighted by Gasteiger charge is 2.38. The van der Waals surface area contributed by atoms with Gasteiger partial charge in [0.25, 0.3) is 11.8 Å². The predicted molar refractivity (Wildman–Crippen MR) is 141 cm³/mol. The molecule has 222 valence electrons. The quantitative estimate of drug-likeness (QED) is 0.397. The topological polar surface area (TPSA) is 93.0 Å². The number of aromatic nitrogens is 4. The van der Waals surface area contributed by atoms with Crippen LogP contribution in [0.2, 0.25) is 0 Å². The summed E-state index contributed by atoms with van der Waals surface area (Å²) in [7, 11) is -0.882. The number of nitrogens with one attached hydrogen (secondary N) is 1. The van der Waals surface area contributed by atoms with E-state index in [-0.39, 0.29) is 29.4 Å². The lowest BCUT2D eigenvalue weighted by molar-refractivity contribution is -0.143. The summed E-state index contributed by atoms with van der Waals surface area (Å²) in [5, 5.41) is 6.65. The number of nitrogens with zero attached hydrogens (tertiary/aromatic N) is 5. The van der Waals surface area contributed by atoms with Gasteiger partial charge in [-0.05, 0) is 68.9 Å². The van der Waals surface area contributed by atoms with Gasteiger partial charge in [-0.25, -0.2) is 20.0 Å². The van der Waals surface area contributed by atoms with Crippen LogP contribution in [0.4, 0.5) is 26.3 Å². The molecule has 0 aliphatic carbocycles. The van der Waals surface area contributed by atoms with Crippen LogP contribution in [0, 0.1) is 6.92 Å². The van der Waals surface area contributed by atoms with Crippen molar-refractivity contribution in [2.75, 3.05) is 30.7 Å². The summed E-state index contributed by atoms with van der Waals surface area (Å²) in [6.07, 6.45) is -3.48. The van der Waals surface area contributed by atoms with E-state index in [1.54, 1.807) is 19.1 Å². The second-order valence-corrected chi connectivity index (χ2v) is 14.5. The van der Waals surface area contributed by atoms with Crippen molar-refractivity contribution >= 4 is 21.8 Å². The van der Waals surface area contributed by atoms with E-state index in [0.29, 0.717) is 30.1 Å². The van der Waals surface area contributed by atoms with Crippen LogP contribution in [-0.2, 0) is 12.4 Å². The summed E-state index contributed by atoms with van der Waals surface area (Å²) < 4.78 is 80.7. The van der Waals surface area contributed by atoms with Gasteiger partial charge in [-0.2, -0.15) is 31.0 Å². The number of carbonyl (C=O) groups excluding carboxylic acids is 2. The third-order valence-electron chi connectivity index (χ3n) is 6.45. The normalized spacial score (nSPS) is 17.2. The van der Waals surface area contributed by atoms with Crippen molar-refractivity contribution in [2.45, 2.75) is 38.7 Å². The molecule has 1 fully saturated rings. The number of rotatable bonds is 5. The zero-order valence-electron chi connectivity index (χ0n) is 22.6. The molecule has 1 aromatic carbocycles. The molecule has 1 aliphatic heterocycles. The number of benzene rings is 1. The van der Waals surface area contributed by atoms with Gasteiger partial charge in [0.05, 0.1) is 28.6 Å². The van der Waals surface area contributed by atoms with Crippen LogP contribution in [-0.4, -0.2) is 67.1 Å². The van der Waals surface area contributed by atoms with Gasteiger partial charge in [0.2, 0.25) is 0 Å². The summed E-state index contributed by atoms with van der Waals surface area (Å²) >= 11 is 0. The van der Waals surface area contributed by atoms with Crippen LogP contribution in [0.1, 0.15) is 62.9 Å². The Morgan fingerprint density at radius 3 is 2.17 bits per heavy atom. The van der Waals surface area contributed by atoms with Crippen molar-refractivity contribution in [2.24, 2.45) is 0 Å². The summed E-state index contributed by atoms with van der Waals surface area (Å²) in [6, 6.07) is 2.81. The fourth-order valence-corrected chi connectivity index (χ4v) is 6.62. The van der Waals surface area contributed by atoms with Crippen LogP contribution in [0.25, 0.3) is 5.82 Å². The summed E-state index contributed by atoms with van der Waals surface area (Å²) in [5.41, 5.74) is -3.63. The summed E-state index contributed by atoms with van der Waals surface area (Å²) in [5.74, 6) is 1.16. The average molecular weight is 603 g/mol. The maximum Gasteiger partial charge on any atom is 0.416 e. The van der Waals surface area contributed by atoms with Gasteiger partial charge in [0.15, 0.2) is 11.6 Å². The van der Waals surface area contributed by atoms with E-state index in [1.807, 2.05) is 4.90 Å². The Bertz CT molecular complexity index is 1420. The molecule has 0 bridgehead atoms. The lowest BCUT2D eigenvalue weighted by Gasteiger charge is -2.42. The molecule has 1 aliphatic rings. The number of carbonyl (C=O) groups is 2. The first-order chi connectivity index (χ1) is 18.9. The summed E-state index contributed by atoms with van der Waals surface area (Å²) in [6.45, 7) is 3.68. The molecule has 1 N–H and O–H groups in total. The monoisotopic (exact) mass is 602 g/mol. The van der Waals surface area contributed by atoms with Crippen molar-refractivity contribution in [1.82, 2.24) is 30.0 Å². The molecule has 0 saturated carbocycles. The molecular weight excluding hydrogens is 574 g/mol. The SMILES string of the molecule is Cc1nc([C@H](C)NC(=O)c2cc(C(F)(F)F)cc(C(F)(F)F)c2)n(-c2ccc(C(=O)N3CCCS(C)(C)C3)cn2)n1. The minimum absolute atomic E-state index is 0.0480. The van der Waals surface area contributed by atoms with Gasteiger partial charge >= 0.3 is 12.4 Å². The van der Waals surface area contributed by atoms with Crippen molar-refractivity contribution in [3.05, 3.63) is 70.4 Å². The van der Waals surface area contributed by atoms with E-state index < -0.39 is 51.0 Å². The minimum atomic E-state index is -5.09. The third kappa shape index (κ3) is 7.00. The maximum atomic E-state index is 13.2. The second-order valence-electron chi connectivity index (χ2n) is 10.3. The first kappa shape index (κ1) is 30.3. The smallest absolute Gasteiger partial charge is 0.342 e. The molecule has 4 rings (SSSR count). The fourth-order valence-electron chi connectivity index (χ4n) is 4.49. The van der Waals surface area contributed by atoms with E-state index in [2.05, 4.69) is 32.9 Å². The largest absolute Gasteiger partial charge is 0.416 e. The van der Waals surface area contributed by atoms with Gasteiger partial charge in [0.1, 0.15) is 5.82 Å². The molecule has 0 spiro atoms. The zero-order chi connectivity index (χ0) is 30.3. The van der Waals surface area contributed by atoms with Crippen LogP contribution in [0.5, 0.6) is 0 Å². The van der Waals surface area contributed by atoms with Gasteiger partial charge in [-0.3, -0.25) is 9.59 Å². The molecule has 1 atom stereocenters. The van der Waals surface area contributed by atoms with Crippen LogP contribution < -0.4 is 5.32 Å². The number of hydrogen-bond donors (Lipinski definition) is 1. The molecule has 0 radical (unpaired) electrons. The molecule has 3 aromatic rings. The van der Waals surface area contributed by atoms with Gasteiger partial charge in [-0.1, -0.05) is 0 Å². The minimum Gasteiger partial charge on any atom is -0.342 e. The number of hydrogen-bond acceptors (Lipinski definition) is 5. The van der Waals surface area contributed by atoms with Crippen LogP contribution >= 0.6 is 10.0 Å². The van der Waals surface area contributed by atoms with Gasteiger partial charge in [-0.15, -0.1) is 5.10 Å². The van der Waals surface area contributed by atoms with Crippen molar-refractivity contribution in [3.8, 4) is 5.82 Å². The van der Waals surface area contributed by atoms with Crippen molar-refractivity contribution in [3.63, 3.8) is 0 Å². The second kappa shape index (κ2) is 11.0. The lowest BCUT2D eigenvalue weighted by Crippen LogP contribution is -2.39. The Balaban J connectivity index is 1.56. The molecule has 41 heavy (non-hydrogen) atoms. The molecular formula is C26H28F6N6O2S. The summed E-state index contributed by atoms with van der Waals surface area (Å²) in [4.78, 5) is 36.2. The Kier molecular flexibility index (Phi) is 8.13. The third-order valence-corrected chi connectivity index (χ3v) is 8.86. The highest BCUT2D eigenvalue weighted by atomic mass is 32.3. The van der Waals surface area contributed by atoms with Gasteiger partial charge in [0, 0.05) is 18.3 Å². The number of aryl methyl sites for hydroxylation is 1. The first-order valence-corrected chi connectivity index (χ1v) is 15.2.